The van der Waals surface area contributed by atoms with Crippen molar-refractivity contribution in [1.29, 1.82) is 0 Å². The Kier molecular flexibility index (Phi) is 4.26. The molecule has 0 unspecified atom stereocenters. The number of hydrogen-bond donors (Lipinski definition) is 3. The number of nitrogens with zero attached hydrogens (tertiary/aromatic N) is 1. The Bertz CT molecular complexity index is 915. The number of likely N-dealkylation sites (tertiary alicyclic amines) is 1. The van der Waals surface area contributed by atoms with Gasteiger partial charge in [0, 0.05) is 28.9 Å². The minimum Gasteiger partial charge on any atom is -0.392 e. The first-order valence-electron chi connectivity index (χ1n) is 9.88. The Morgan fingerprint density at radius 2 is 2.14 bits per heavy atom. The van der Waals surface area contributed by atoms with Gasteiger partial charge >= 0.3 is 0 Å². The third-order valence-electron chi connectivity index (χ3n) is 6.63. The van der Waals surface area contributed by atoms with E-state index in [1.807, 2.05) is 0 Å². The molecule has 1 aromatic carbocycles. The van der Waals surface area contributed by atoms with Crippen LogP contribution in [0, 0.1) is 11.8 Å². The summed E-state index contributed by atoms with van der Waals surface area (Å²) in [6, 6.07) is 4.25. The van der Waals surface area contributed by atoms with E-state index in [2.05, 4.69) is 10.6 Å². The molecule has 1 spiro atoms. The minimum atomic E-state index is -1.44. The molecule has 0 aromatic heterocycles. The van der Waals surface area contributed by atoms with Crippen LogP contribution in [0.2, 0.25) is 5.02 Å². The van der Waals surface area contributed by atoms with Crippen LogP contribution in [0.25, 0.3) is 0 Å². The number of hydrogen-bond acceptors (Lipinski definition) is 6. The van der Waals surface area contributed by atoms with E-state index in [0.29, 0.717) is 22.9 Å². The highest BCUT2D eigenvalue weighted by atomic mass is 35.5. The fourth-order valence-electron chi connectivity index (χ4n) is 5.35. The van der Waals surface area contributed by atoms with Gasteiger partial charge in [0.15, 0.2) is 0 Å². The predicted molar refractivity (Wildman–Crippen MR) is 103 cm³/mol. The summed E-state index contributed by atoms with van der Waals surface area (Å²) in [6.07, 6.45) is 0.561. The molecule has 154 valence electrons. The standard InChI is InChI=1S/C20H22ClN3O5/c1-9(25)16-14-15(18(27)24(17(14)26)8-11-3-2-6-29-11)20(23-16)12-7-10(21)4-5-13(12)22-19(20)28/h4-5,7,9,11,14-16,23,25H,2-3,6,8H2,1H3,(H,22,28)/t9-,11-,14-,15-,16+,20-/m1/s1. The molecule has 1 aromatic rings. The first-order valence-corrected chi connectivity index (χ1v) is 10.3. The number of fused-ring (bicyclic) bond motifs is 4. The molecule has 0 bridgehead atoms. The number of imide groups is 1. The molecule has 8 nitrogen and oxygen atoms in total. The number of halogens is 1. The first-order chi connectivity index (χ1) is 13.8. The van der Waals surface area contributed by atoms with E-state index >= 15 is 0 Å². The maximum atomic E-state index is 13.5. The molecular weight excluding hydrogens is 398 g/mol. The molecule has 3 amide bonds. The molecule has 4 aliphatic rings. The molecule has 4 heterocycles. The Labute approximate surface area is 172 Å². The van der Waals surface area contributed by atoms with Crippen LogP contribution in [0.4, 0.5) is 5.69 Å². The number of benzene rings is 1. The van der Waals surface area contributed by atoms with Crippen molar-refractivity contribution in [2.75, 3.05) is 18.5 Å². The summed E-state index contributed by atoms with van der Waals surface area (Å²) in [7, 11) is 0. The lowest BCUT2D eigenvalue weighted by molar-refractivity contribution is -0.144. The molecule has 0 radical (unpaired) electrons. The first kappa shape index (κ1) is 19.0. The number of nitrogens with one attached hydrogen (secondary N) is 2. The average molecular weight is 420 g/mol. The Morgan fingerprint density at radius 3 is 2.83 bits per heavy atom. The molecule has 9 heteroatoms. The second-order valence-electron chi connectivity index (χ2n) is 8.29. The third-order valence-corrected chi connectivity index (χ3v) is 6.87. The van der Waals surface area contributed by atoms with Gasteiger partial charge in [-0.1, -0.05) is 11.6 Å². The van der Waals surface area contributed by atoms with Gasteiger partial charge in [0.25, 0.3) is 0 Å². The van der Waals surface area contributed by atoms with Crippen molar-refractivity contribution in [2.24, 2.45) is 11.8 Å². The largest absolute Gasteiger partial charge is 0.392 e. The van der Waals surface area contributed by atoms with Gasteiger partial charge in [-0.3, -0.25) is 24.6 Å². The third kappa shape index (κ3) is 2.53. The van der Waals surface area contributed by atoms with Crippen molar-refractivity contribution in [3.05, 3.63) is 28.8 Å². The number of rotatable bonds is 3. The minimum absolute atomic E-state index is 0.178. The van der Waals surface area contributed by atoms with Gasteiger partial charge in [-0.15, -0.1) is 0 Å². The van der Waals surface area contributed by atoms with Crippen LogP contribution in [-0.4, -0.2) is 59.1 Å². The fraction of sp³-hybridized carbons (Fsp3) is 0.550. The van der Waals surface area contributed by atoms with E-state index in [-0.39, 0.29) is 18.6 Å². The molecule has 29 heavy (non-hydrogen) atoms. The Balaban J connectivity index is 1.61. The van der Waals surface area contributed by atoms with Crippen LogP contribution in [0.3, 0.4) is 0 Å². The normalized spacial score (nSPS) is 36.7. The molecule has 5 rings (SSSR count). The molecule has 0 aliphatic carbocycles. The van der Waals surface area contributed by atoms with Crippen molar-refractivity contribution in [1.82, 2.24) is 10.2 Å². The van der Waals surface area contributed by atoms with E-state index in [9.17, 15) is 19.5 Å². The summed E-state index contributed by atoms with van der Waals surface area (Å²) in [5.41, 5.74) is -0.354. The summed E-state index contributed by atoms with van der Waals surface area (Å²) in [5, 5.41) is 16.8. The van der Waals surface area contributed by atoms with Gasteiger partial charge in [-0.25, -0.2) is 0 Å². The lowest BCUT2D eigenvalue weighted by Crippen LogP contribution is -2.55. The molecular formula is C20H22ClN3O5. The summed E-state index contributed by atoms with van der Waals surface area (Å²) in [4.78, 5) is 41.1. The zero-order chi connectivity index (χ0) is 20.5. The molecule has 3 fully saturated rings. The molecule has 3 N–H and O–H groups in total. The van der Waals surface area contributed by atoms with Crippen molar-refractivity contribution >= 4 is 35.0 Å². The quantitative estimate of drug-likeness (QED) is 0.620. The van der Waals surface area contributed by atoms with E-state index in [4.69, 9.17) is 16.3 Å². The van der Waals surface area contributed by atoms with Crippen LogP contribution in [0.15, 0.2) is 18.2 Å². The number of carbonyl (C=O) groups excluding carboxylic acids is 3. The average Bonchev–Trinajstić information content (AvgIpc) is 3.41. The van der Waals surface area contributed by atoms with Crippen molar-refractivity contribution < 1.29 is 24.2 Å². The van der Waals surface area contributed by atoms with Crippen LogP contribution >= 0.6 is 11.6 Å². The van der Waals surface area contributed by atoms with Gasteiger partial charge < -0.3 is 15.2 Å². The van der Waals surface area contributed by atoms with Crippen LogP contribution in [0.1, 0.15) is 25.3 Å². The summed E-state index contributed by atoms with van der Waals surface area (Å²) >= 11 is 6.19. The summed E-state index contributed by atoms with van der Waals surface area (Å²) < 4.78 is 5.61. The highest BCUT2D eigenvalue weighted by Gasteiger charge is 2.71. The maximum Gasteiger partial charge on any atom is 0.250 e. The van der Waals surface area contributed by atoms with Gasteiger partial charge in [0.2, 0.25) is 17.7 Å². The Morgan fingerprint density at radius 1 is 1.34 bits per heavy atom. The van der Waals surface area contributed by atoms with Crippen LogP contribution in [-0.2, 0) is 24.7 Å². The number of anilines is 1. The van der Waals surface area contributed by atoms with E-state index in [1.54, 1.807) is 25.1 Å². The predicted octanol–water partition coefficient (Wildman–Crippen LogP) is 0.620. The smallest absolute Gasteiger partial charge is 0.250 e. The van der Waals surface area contributed by atoms with Crippen molar-refractivity contribution in [3.63, 3.8) is 0 Å². The number of ether oxygens (including phenoxy) is 1. The second-order valence-corrected chi connectivity index (χ2v) is 8.72. The van der Waals surface area contributed by atoms with E-state index < -0.39 is 41.3 Å². The van der Waals surface area contributed by atoms with E-state index in [0.717, 1.165) is 12.8 Å². The monoisotopic (exact) mass is 419 g/mol. The van der Waals surface area contributed by atoms with Gasteiger partial charge in [0.1, 0.15) is 5.54 Å². The van der Waals surface area contributed by atoms with Gasteiger partial charge in [0.05, 0.1) is 30.6 Å². The molecule has 3 saturated heterocycles. The van der Waals surface area contributed by atoms with Crippen LogP contribution in [0.5, 0.6) is 0 Å². The second kappa shape index (κ2) is 6.50. The van der Waals surface area contributed by atoms with Gasteiger partial charge in [-0.05, 0) is 38.0 Å². The Hall–Kier alpha value is -2.00. The molecule has 4 aliphatic heterocycles. The lowest BCUT2D eigenvalue weighted by atomic mass is 9.76. The fourth-order valence-corrected chi connectivity index (χ4v) is 5.52. The highest BCUT2D eigenvalue weighted by Crippen LogP contribution is 2.53. The van der Waals surface area contributed by atoms with Crippen LogP contribution < -0.4 is 10.6 Å². The number of aliphatic hydroxyl groups is 1. The van der Waals surface area contributed by atoms with Crippen molar-refractivity contribution in [3.8, 4) is 0 Å². The topological polar surface area (TPSA) is 108 Å². The van der Waals surface area contributed by atoms with Gasteiger partial charge in [-0.2, -0.15) is 0 Å². The summed E-state index contributed by atoms with van der Waals surface area (Å²) in [6.45, 7) is 2.35. The summed E-state index contributed by atoms with van der Waals surface area (Å²) in [5.74, 6) is -2.97. The van der Waals surface area contributed by atoms with E-state index in [1.165, 1.54) is 4.90 Å². The van der Waals surface area contributed by atoms with Crippen molar-refractivity contribution in [2.45, 2.75) is 43.6 Å². The zero-order valence-corrected chi connectivity index (χ0v) is 16.6. The number of amides is 3. The highest BCUT2D eigenvalue weighted by molar-refractivity contribution is 6.31. The number of aliphatic hydroxyl groups excluding tert-OH is 1. The zero-order valence-electron chi connectivity index (χ0n) is 15.9. The lowest BCUT2D eigenvalue weighted by Gasteiger charge is -2.30. The maximum absolute atomic E-state index is 13.5. The molecule has 0 saturated carbocycles. The molecule has 6 atom stereocenters. The SMILES string of the molecule is C[C@@H](O)[C@@H]1N[C@@]2(C(=O)Nc3ccc(Cl)cc32)[C@H]2C(=O)N(C[C@H]3CCCO3)C(=O)[C@@H]12. The number of carbonyl (C=O) groups is 3.